The average Bonchev–Trinajstić information content (AvgIpc) is 2.87. The standard InChI is InChI=1S/C30H43N3O/c1-3-5-6-7-8-20-32-27-16-14-25(15-17-27)30(34)33-28-18-19-29(26(21-28)22-31)24-12-10-23(9-4-2)11-13-24/h14-19,21-24,31-32H,3-13,20H2,1-2H3,(H,33,34). The van der Waals surface area contributed by atoms with E-state index in [1.165, 1.54) is 82.4 Å². The highest BCUT2D eigenvalue weighted by Crippen LogP contribution is 2.39. The van der Waals surface area contributed by atoms with Crippen molar-refractivity contribution in [2.24, 2.45) is 5.92 Å². The summed E-state index contributed by atoms with van der Waals surface area (Å²) in [5.74, 6) is 1.28. The Bertz CT molecular complexity index is 898. The Balaban J connectivity index is 1.53. The fraction of sp³-hybridized carbons (Fsp3) is 0.533. The zero-order valence-electron chi connectivity index (χ0n) is 21.2. The molecule has 0 radical (unpaired) electrons. The maximum atomic E-state index is 12.8. The molecule has 0 unspecified atom stereocenters. The Hall–Kier alpha value is -2.62. The molecule has 2 aromatic rings. The fourth-order valence-electron chi connectivity index (χ4n) is 5.22. The molecule has 0 aliphatic heterocycles. The van der Waals surface area contributed by atoms with Gasteiger partial charge in [0.2, 0.25) is 0 Å². The zero-order valence-corrected chi connectivity index (χ0v) is 21.2. The monoisotopic (exact) mass is 461 g/mol. The Morgan fingerprint density at radius 2 is 1.62 bits per heavy atom. The van der Waals surface area contributed by atoms with Gasteiger partial charge in [-0.3, -0.25) is 4.79 Å². The number of hydrogen-bond donors (Lipinski definition) is 3. The number of amides is 1. The molecule has 34 heavy (non-hydrogen) atoms. The minimum atomic E-state index is -0.116. The van der Waals surface area contributed by atoms with Crippen LogP contribution < -0.4 is 10.6 Å². The second kappa shape index (κ2) is 13.9. The lowest BCUT2D eigenvalue weighted by atomic mass is 9.76. The van der Waals surface area contributed by atoms with Crippen molar-refractivity contribution in [2.75, 3.05) is 17.2 Å². The number of carbonyl (C=O) groups is 1. The summed E-state index contributed by atoms with van der Waals surface area (Å²) >= 11 is 0. The molecule has 1 aliphatic rings. The molecule has 0 atom stereocenters. The van der Waals surface area contributed by atoms with Crippen molar-refractivity contribution in [3.63, 3.8) is 0 Å². The molecule has 4 heteroatoms. The summed E-state index contributed by atoms with van der Waals surface area (Å²) in [7, 11) is 0. The van der Waals surface area contributed by atoms with Crippen LogP contribution in [0.2, 0.25) is 0 Å². The first-order valence-electron chi connectivity index (χ1n) is 13.4. The third kappa shape index (κ3) is 7.72. The molecule has 1 aliphatic carbocycles. The first kappa shape index (κ1) is 26.0. The van der Waals surface area contributed by atoms with E-state index in [1.807, 2.05) is 36.4 Å². The average molecular weight is 462 g/mol. The van der Waals surface area contributed by atoms with Gasteiger partial charge < -0.3 is 16.0 Å². The van der Waals surface area contributed by atoms with E-state index in [1.54, 1.807) is 0 Å². The molecule has 184 valence electrons. The van der Waals surface area contributed by atoms with E-state index in [2.05, 4.69) is 30.5 Å². The number of rotatable bonds is 13. The number of nitrogens with one attached hydrogen (secondary N) is 3. The van der Waals surface area contributed by atoms with Gasteiger partial charge in [-0.1, -0.05) is 58.4 Å². The van der Waals surface area contributed by atoms with Gasteiger partial charge in [0.1, 0.15) is 0 Å². The van der Waals surface area contributed by atoms with Crippen molar-refractivity contribution >= 4 is 23.5 Å². The summed E-state index contributed by atoms with van der Waals surface area (Å²) in [4.78, 5) is 12.8. The molecule has 3 N–H and O–H groups in total. The van der Waals surface area contributed by atoms with Gasteiger partial charge in [0.25, 0.3) is 5.91 Å². The molecule has 0 heterocycles. The summed E-state index contributed by atoms with van der Waals surface area (Å²) in [5, 5.41) is 14.4. The smallest absolute Gasteiger partial charge is 0.255 e. The molecule has 1 fully saturated rings. The summed E-state index contributed by atoms with van der Waals surface area (Å²) in [6.07, 6.45) is 15.4. The zero-order chi connectivity index (χ0) is 24.2. The summed E-state index contributed by atoms with van der Waals surface area (Å²) < 4.78 is 0. The van der Waals surface area contributed by atoms with Crippen molar-refractivity contribution < 1.29 is 4.79 Å². The Labute approximate surface area is 206 Å². The Kier molecular flexibility index (Phi) is 10.7. The van der Waals surface area contributed by atoms with Crippen LogP contribution in [0.3, 0.4) is 0 Å². The van der Waals surface area contributed by atoms with Crippen LogP contribution >= 0.6 is 0 Å². The Morgan fingerprint density at radius 3 is 2.29 bits per heavy atom. The topological polar surface area (TPSA) is 65.0 Å². The minimum absolute atomic E-state index is 0.116. The summed E-state index contributed by atoms with van der Waals surface area (Å²) in [5.41, 5.74) is 4.63. The van der Waals surface area contributed by atoms with Gasteiger partial charge in [-0.25, -0.2) is 0 Å². The number of benzene rings is 2. The molecule has 1 amide bonds. The lowest BCUT2D eigenvalue weighted by Gasteiger charge is -2.29. The predicted octanol–water partition coefficient (Wildman–Crippen LogP) is 8.39. The quantitative estimate of drug-likeness (QED) is 0.207. The van der Waals surface area contributed by atoms with Crippen LogP contribution in [0.25, 0.3) is 0 Å². The van der Waals surface area contributed by atoms with E-state index in [4.69, 9.17) is 5.41 Å². The number of anilines is 2. The largest absolute Gasteiger partial charge is 0.385 e. The van der Waals surface area contributed by atoms with Crippen molar-refractivity contribution in [3.05, 3.63) is 59.2 Å². The molecule has 0 aromatic heterocycles. The highest BCUT2D eigenvalue weighted by Gasteiger charge is 2.23. The Morgan fingerprint density at radius 1 is 0.912 bits per heavy atom. The first-order chi connectivity index (χ1) is 16.6. The van der Waals surface area contributed by atoms with Crippen molar-refractivity contribution in [2.45, 2.75) is 90.4 Å². The highest BCUT2D eigenvalue weighted by atomic mass is 16.1. The molecule has 0 bridgehead atoms. The van der Waals surface area contributed by atoms with Crippen LogP contribution in [-0.2, 0) is 0 Å². The second-order valence-electron chi connectivity index (χ2n) is 9.87. The van der Waals surface area contributed by atoms with E-state index in [0.717, 1.165) is 29.4 Å². The molecule has 1 saturated carbocycles. The van der Waals surface area contributed by atoms with Crippen LogP contribution in [0.1, 0.15) is 112 Å². The lowest BCUT2D eigenvalue weighted by molar-refractivity contribution is 0.102. The van der Waals surface area contributed by atoms with Crippen LogP contribution in [-0.4, -0.2) is 18.7 Å². The van der Waals surface area contributed by atoms with Gasteiger partial charge in [0.15, 0.2) is 0 Å². The highest BCUT2D eigenvalue weighted by molar-refractivity contribution is 6.04. The molecule has 0 spiro atoms. The van der Waals surface area contributed by atoms with Crippen LogP contribution in [0, 0.1) is 11.3 Å². The van der Waals surface area contributed by atoms with Gasteiger partial charge in [-0.15, -0.1) is 0 Å². The van der Waals surface area contributed by atoms with Gasteiger partial charge in [0.05, 0.1) is 0 Å². The SMILES string of the molecule is CCCCCCCNc1ccc(C(=O)Nc2ccc(C3CCC(CCC)CC3)c(C=N)c2)cc1. The maximum absolute atomic E-state index is 12.8. The normalized spacial score (nSPS) is 17.8. The first-order valence-corrected chi connectivity index (χ1v) is 13.4. The van der Waals surface area contributed by atoms with Crippen molar-refractivity contribution in [1.82, 2.24) is 0 Å². The molecule has 2 aromatic carbocycles. The number of unbranched alkanes of at least 4 members (excludes halogenated alkanes) is 4. The molecule has 3 rings (SSSR count). The maximum Gasteiger partial charge on any atom is 0.255 e. The van der Waals surface area contributed by atoms with Crippen molar-refractivity contribution in [3.8, 4) is 0 Å². The van der Waals surface area contributed by atoms with Gasteiger partial charge in [-0.2, -0.15) is 0 Å². The van der Waals surface area contributed by atoms with Gasteiger partial charge in [0, 0.05) is 29.7 Å². The van der Waals surface area contributed by atoms with E-state index < -0.39 is 0 Å². The summed E-state index contributed by atoms with van der Waals surface area (Å²) in [6.45, 7) is 5.47. The predicted molar refractivity (Wildman–Crippen MR) is 146 cm³/mol. The van der Waals surface area contributed by atoms with Gasteiger partial charge >= 0.3 is 0 Å². The molecule has 4 nitrogen and oxygen atoms in total. The van der Waals surface area contributed by atoms with E-state index in [9.17, 15) is 4.79 Å². The summed E-state index contributed by atoms with van der Waals surface area (Å²) in [6, 6.07) is 13.8. The van der Waals surface area contributed by atoms with Crippen molar-refractivity contribution in [1.29, 1.82) is 5.41 Å². The van der Waals surface area contributed by atoms with Gasteiger partial charge in [-0.05, 0) is 91.5 Å². The molecular formula is C30H43N3O. The van der Waals surface area contributed by atoms with Crippen LogP contribution in [0.5, 0.6) is 0 Å². The fourth-order valence-corrected chi connectivity index (χ4v) is 5.22. The lowest BCUT2D eigenvalue weighted by Crippen LogP contribution is -2.15. The third-order valence-corrected chi connectivity index (χ3v) is 7.24. The van der Waals surface area contributed by atoms with Crippen LogP contribution in [0.4, 0.5) is 11.4 Å². The minimum Gasteiger partial charge on any atom is -0.385 e. The number of carbonyl (C=O) groups excluding carboxylic acids is 1. The van der Waals surface area contributed by atoms with E-state index >= 15 is 0 Å². The molecular weight excluding hydrogens is 418 g/mol. The van der Waals surface area contributed by atoms with E-state index in [-0.39, 0.29) is 5.91 Å². The second-order valence-corrected chi connectivity index (χ2v) is 9.87. The number of hydrogen-bond acceptors (Lipinski definition) is 3. The van der Waals surface area contributed by atoms with E-state index in [0.29, 0.717) is 11.5 Å². The van der Waals surface area contributed by atoms with Crippen LogP contribution in [0.15, 0.2) is 42.5 Å². The molecule has 0 saturated heterocycles. The third-order valence-electron chi connectivity index (χ3n) is 7.24.